The van der Waals surface area contributed by atoms with E-state index in [1.165, 1.54) is 56.6 Å². The summed E-state index contributed by atoms with van der Waals surface area (Å²) in [5.41, 5.74) is 0. The maximum atomic E-state index is 12.4. The first kappa shape index (κ1) is 24.5. The van der Waals surface area contributed by atoms with E-state index in [1.54, 1.807) is 12.1 Å². The predicted molar refractivity (Wildman–Crippen MR) is 115 cm³/mol. The zero-order valence-electron chi connectivity index (χ0n) is 17.3. The largest absolute Gasteiger partial charge is 0.497 e. The molecule has 1 aromatic heterocycles. The fraction of sp³-hybridized carbons (Fsp3) is 0.350. The topological polar surface area (TPSA) is 128 Å². The van der Waals surface area contributed by atoms with Crippen molar-refractivity contribution < 1.29 is 32.3 Å². The maximum Gasteiger partial charge on any atom is 0.324 e. The van der Waals surface area contributed by atoms with Crippen molar-refractivity contribution in [3.8, 4) is 5.75 Å². The molecule has 0 bridgehead atoms. The van der Waals surface area contributed by atoms with Gasteiger partial charge in [-0.15, -0.1) is 11.3 Å². The van der Waals surface area contributed by atoms with Crippen LogP contribution in [0.3, 0.4) is 0 Å². The summed E-state index contributed by atoms with van der Waals surface area (Å²) >= 11 is 1.25. The van der Waals surface area contributed by atoms with Gasteiger partial charge >= 0.3 is 5.97 Å². The molecule has 0 aliphatic rings. The van der Waals surface area contributed by atoms with Crippen LogP contribution < -0.4 is 14.8 Å². The minimum absolute atomic E-state index is 0.0330. The number of rotatable bonds is 11. The van der Waals surface area contributed by atoms with Crippen molar-refractivity contribution >= 4 is 39.0 Å². The number of hydrogen-bond donors (Lipinski definition) is 2. The van der Waals surface area contributed by atoms with E-state index in [1.807, 2.05) is 0 Å². The van der Waals surface area contributed by atoms with Crippen molar-refractivity contribution in [3.63, 3.8) is 0 Å². The molecule has 0 saturated carbocycles. The van der Waals surface area contributed by atoms with Gasteiger partial charge in [0.1, 0.15) is 11.8 Å². The zero-order valence-corrected chi connectivity index (χ0v) is 19.0. The fourth-order valence-corrected chi connectivity index (χ4v) is 4.58. The first-order chi connectivity index (χ1) is 14.6. The van der Waals surface area contributed by atoms with Gasteiger partial charge in [-0.1, -0.05) is 0 Å². The Morgan fingerprint density at radius 2 is 1.77 bits per heavy atom. The number of Topliss-reactive ketones (excluding diaryl/α,β-unsaturated/α-hetero) is 1. The van der Waals surface area contributed by atoms with Gasteiger partial charge in [-0.2, -0.15) is 4.72 Å². The van der Waals surface area contributed by atoms with E-state index in [2.05, 4.69) is 10.0 Å². The second kappa shape index (κ2) is 11.0. The van der Waals surface area contributed by atoms with Crippen LogP contribution in [0, 0.1) is 0 Å². The minimum Gasteiger partial charge on any atom is -0.497 e. The van der Waals surface area contributed by atoms with Gasteiger partial charge in [-0.05, 0) is 49.7 Å². The third kappa shape index (κ3) is 7.46. The minimum atomic E-state index is -3.95. The summed E-state index contributed by atoms with van der Waals surface area (Å²) < 4.78 is 37.0. The highest BCUT2D eigenvalue weighted by Gasteiger charge is 2.24. The Morgan fingerprint density at radius 3 is 2.39 bits per heavy atom. The molecule has 1 heterocycles. The van der Waals surface area contributed by atoms with Crippen molar-refractivity contribution in [2.75, 3.05) is 20.3 Å². The third-order valence-corrected chi connectivity index (χ3v) is 6.83. The average Bonchev–Trinajstić information content (AvgIpc) is 3.20. The number of carbonyl (C=O) groups excluding carboxylic acids is 3. The smallest absolute Gasteiger partial charge is 0.324 e. The molecule has 1 aromatic carbocycles. The molecule has 0 fully saturated rings. The molecule has 1 amide bonds. The van der Waals surface area contributed by atoms with Crippen LogP contribution in [0.2, 0.25) is 0 Å². The Balaban J connectivity index is 1.86. The van der Waals surface area contributed by atoms with Crippen LogP contribution in [0.1, 0.15) is 28.4 Å². The van der Waals surface area contributed by atoms with Gasteiger partial charge in [-0.3, -0.25) is 14.4 Å². The van der Waals surface area contributed by atoms with Gasteiger partial charge in [0.05, 0.1) is 16.9 Å². The van der Waals surface area contributed by atoms with Crippen LogP contribution in [0.15, 0.2) is 41.3 Å². The van der Waals surface area contributed by atoms with Gasteiger partial charge < -0.3 is 14.8 Å². The number of ketones is 1. The first-order valence-electron chi connectivity index (χ1n) is 9.31. The lowest BCUT2D eigenvalue weighted by molar-refractivity contribution is -0.144. The molecule has 11 heteroatoms. The van der Waals surface area contributed by atoms with E-state index in [9.17, 15) is 22.8 Å². The zero-order chi connectivity index (χ0) is 23.0. The van der Waals surface area contributed by atoms with Gasteiger partial charge in [0.15, 0.2) is 6.61 Å². The van der Waals surface area contributed by atoms with Crippen LogP contribution in [0.5, 0.6) is 5.75 Å². The van der Waals surface area contributed by atoms with Crippen LogP contribution in [-0.2, 0) is 30.8 Å². The number of thiophene rings is 1. The lowest BCUT2D eigenvalue weighted by atomic mass is 10.3. The Kier molecular flexibility index (Phi) is 8.72. The summed E-state index contributed by atoms with van der Waals surface area (Å²) in [7, 11) is -2.49. The molecular formula is C20H24N2O7S2. The van der Waals surface area contributed by atoms with E-state index in [0.29, 0.717) is 23.6 Å². The molecule has 2 rings (SSSR count). The quantitative estimate of drug-likeness (QED) is 0.378. The first-order valence-corrected chi connectivity index (χ1v) is 11.6. The predicted octanol–water partition coefficient (Wildman–Crippen LogP) is 1.53. The number of esters is 1. The summed E-state index contributed by atoms with van der Waals surface area (Å²) in [6.45, 7) is 2.72. The van der Waals surface area contributed by atoms with Gasteiger partial charge in [-0.25, -0.2) is 8.42 Å². The molecule has 0 radical (unpaired) electrons. The molecule has 31 heavy (non-hydrogen) atoms. The molecule has 168 valence electrons. The molecule has 1 atom stereocenters. The molecule has 0 spiro atoms. The summed E-state index contributed by atoms with van der Waals surface area (Å²) in [6.07, 6.45) is 0.585. The molecule has 0 aliphatic heterocycles. The molecule has 9 nitrogen and oxygen atoms in total. The standard InChI is InChI=1S/C20H24N2O7S2/c1-13(22-31(26,27)17-7-4-15(28-3)5-8-17)20(25)29-12-18(24)19-9-6-16(30-19)10-11-21-14(2)23/h4-9,13,22H,10-12H2,1-3H3,(H,21,23)/t13-/m0/s1. The van der Waals surface area contributed by atoms with Crippen LogP contribution in [0.4, 0.5) is 0 Å². The van der Waals surface area contributed by atoms with Crippen LogP contribution >= 0.6 is 11.3 Å². The van der Waals surface area contributed by atoms with E-state index in [4.69, 9.17) is 9.47 Å². The Morgan fingerprint density at radius 1 is 1.10 bits per heavy atom. The van der Waals surface area contributed by atoms with Gasteiger partial charge in [0, 0.05) is 18.3 Å². The molecule has 0 aliphatic carbocycles. The molecule has 2 aromatic rings. The van der Waals surface area contributed by atoms with Crippen molar-refractivity contribution in [1.29, 1.82) is 0 Å². The lowest BCUT2D eigenvalue weighted by Crippen LogP contribution is -2.40. The molecule has 2 N–H and O–H groups in total. The monoisotopic (exact) mass is 468 g/mol. The van der Waals surface area contributed by atoms with Crippen molar-refractivity contribution in [1.82, 2.24) is 10.0 Å². The number of benzene rings is 1. The normalized spacial score (nSPS) is 12.1. The van der Waals surface area contributed by atoms with Gasteiger partial charge in [0.2, 0.25) is 21.7 Å². The van der Waals surface area contributed by atoms with Crippen LogP contribution in [0.25, 0.3) is 0 Å². The number of ether oxygens (including phenoxy) is 2. The maximum absolute atomic E-state index is 12.4. The Bertz CT molecular complexity index is 1030. The number of methoxy groups -OCH3 is 1. The highest BCUT2D eigenvalue weighted by atomic mass is 32.2. The fourth-order valence-electron chi connectivity index (χ4n) is 2.46. The number of amides is 1. The van der Waals surface area contributed by atoms with E-state index < -0.39 is 34.4 Å². The summed E-state index contributed by atoms with van der Waals surface area (Å²) in [5, 5.41) is 2.67. The second-order valence-electron chi connectivity index (χ2n) is 6.55. The lowest BCUT2D eigenvalue weighted by Gasteiger charge is -2.13. The second-order valence-corrected chi connectivity index (χ2v) is 9.43. The number of sulfonamides is 1. The SMILES string of the molecule is COc1ccc(S(=O)(=O)N[C@@H](C)C(=O)OCC(=O)c2ccc(CCNC(C)=O)s2)cc1. The Hall–Kier alpha value is -2.76. The molecule has 0 saturated heterocycles. The summed E-state index contributed by atoms with van der Waals surface area (Å²) in [4.78, 5) is 36.6. The number of carbonyl (C=O) groups is 3. The third-order valence-electron chi connectivity index (χ3n) is 4.08. The number of nitrogens with one attached hydrogen (secondary N) is 2. The van der Waals surface area contributed by atoms with Gasteiger partial charge in [0.25, 0.3) is 0 Å². The Labute approximate surface area is 184 Å². The molecule has 0 unspecified atom stereocenters. The van der Waals surface area contributed by atoms with E-state index >= 15 is 0 Å². The van der Waals surface area contributed by atoms with Crippen LogP contribution in [-0.4, -0.2) is 52.4 Å². The molecular weight excluding hydrogens is 444 g/mol. The summed E-state index contributed by atoms with van der Waals surface area (Å²) in [5.74, 6) is -0.893. The number of hydrogen-bond acceptors (Lipinski definition) is 8. The highest BCUT2D eigenvalue weighted by molar-refractivity contribution is 7.89. The summed E-state index contributed by atoms with van der Waals surface area (Å²) in [6, 6.07) is 7.89. The highest BCUT2D eigenvalue weighted by Crippen LogP contribution is 2.18. The van der Waals surface area contributed by atoms with Crippen molar-refractivity contribution in [2.45, 2.75) is 31.2 Å². The van der Waals surface area contributed by atoms with E-state index in [0.717, 1.165) is 4.88 Å². The average molecular weight is 469 g/mol. The van der Waals surface area contributed by atoms with Crippen molar-refractivity contribution in [2.24, 2.45) is 0 Å². The van der Waals surface area contributed by atoms with Crippen molar-refractivity contribution in [3.05, 3.63) is 46.2 Å². The van der Waals surface area contributed by atoms with E-state index in [-0.39, 0.29) is 10.8 Å².